The van der Waals surface area contributed by atoms with Crippen LogP contribution in [0.2, 0.25) is 5.02 Å². The highest BCUT2D eigenvalue weighted by molar-refractivity contribution is 6.32. The molecule has 0 aliphatic carbocycles. The molecule has 122 valence electrons. The van der Waals surface area contributed by atoms with Gasteiger partial charge in [0.15, 0.2) is 5.89 Å². The minimum absolute atomic E-state index is 0.241. The minimum Gasteiger partial charge on any atom is -0.489 e. The molecule has 0 spiro atoms. The van der Waals surface area contributed by atoms with Crippen molar-refractivity contribution in [3.8, 4) is 5.75 Å². The number of nitrogens with zero attached hydrogens (tertiary/aromatic N) is 1. The smallest absolute Gasteiger partial charge is 0.289 e. The van der Waals surface area contributed by atoms with Gasteiger partial charge in [0.05, 0.1) is 16.8 Å². The maximum absolute atomic E-state index is 12.5. The predicted octanol–water partition coefficient (Wildman–Crippen LogP) is 3.70. The number of aromatic nitrogens is 1. The van der Waals surface area contributed by atoms with E-state index in [4.69, 9.17) is 20.8 Å². The Bertz CT molecular complexity index is 739. The van der Waals surface area contributed by atoms with Crippen LogP contribution in [-0.4, -0.2) is 17.5 Å². The van der Waals surface area contributed by atoms with Gasteiger partial charge in [0.1, 0.15) is 12.4 Å². The van der Waals surface area contributed by atoms with Gasteiger partial charge in [-0.1, -0.05) is 37.6 Å². The molecule has 6 heteroatoms. The second kappa shape index (κ2) is 6.24. The molecule has 5 nitrogen and oxygen atoms in total. The van der Waals surface area contributed by atoms with Crippen LogP contribution in [-0.2, 0) is 6.42 Å². The average Bonchev–Trinajstić information content (AvgIpc) is 3.03. The third kappa shape index (κ3) is 3.20. The number of oxazole rings is 1. The molecule has 0 bridgehead atoms. The number of benzene rings is 1. The van der Waals surface area contributed by atoms with Gasteiger partial charge in [-0.3, -0.25) is 4.79 Å². The van der Waals surface area contributed by atoms with Crippen LogP contribution in [0.3, 0.4) is 0 Å². The number of aryl methyl sites for hydroxylation is 1. The number of ether oxygens (including phenoxy) is 1. The molecule has 23 heavy (non-hydrogen) atoms. The quantitative estimate of drug-likeness (QED) is 0.926. The lowest BCUT2D eigenvalue weighted by Gasteiger charge is -2.10. The molecule has 1 N–H and O–H groups in total. The first kappa shape index (κ1) is 15.9. The van der Waals surface area contributed by atoms with Crippen molar-refractivity contribution < 1.29 is 13.9 Å². The highest BCUT2D eigenvalue weighted by Gasteiger charge is 2.29. The van der Waals surface area contributed by atoms with Crippen molar-refractivity contribution in [1.29, 1.82) is 0 Å². The van der Waals surface area contributed by atoms with Crippen molar-refractivity contribution in [2.24, 2.45) is 5.92 Å². The van der Waals surface area contributed by atoms with Crippen LogP contribution in [0.4, 0.5) is 0 Å². The second-order valence-corrected chi connectivity index (χ2v) is 6.52. The van der Waals surface area contributed by atoms with E-state index in [1.54, 1.807) is 13.0 Å². The summed E-state index contributed by atoms with van der Waals surface area (Å²) in [5, 5.41) is 3.48. The first-order valence-electron chi connectivity index (χ1n) is 7.64. The van der Waals surface area contributed by atoms with E-state index in [1.165, 1.54) is 0 Å². The zero-order chi connectivity index (χ0) is 16.6. The van der Waals surface area contributed by atoms with Crippen LogP contribution in [0.1, 0.15) is 47.6 Å². The molecule has 0 radical (unpaired) electrons. The lowest BCUT2D eigenvalue weighted by Crippen LogP contribution is -2.29. The van der Waals surface area contributed by atoms with Crippen molar-refractivity contribution >= 4 is 17.5 Å². The highest BCUT2D eigenvalue weighted by atomic mass is 35.5. The Labute approximate surface area is 140 Å². The average molecular weight is 335 g/mol. The van der Waals surface area contributed by atoms with Crippen LogP contribution < -0.4 is 10.1 Å². The van der Waals surface area contributed by atoms with Crippen molar-refractivity contribution in [3.05, 3.63) is 46.1 Å². The Hall–Kier alpha value is -2.01. The fourth-order valence-electron chi connectivity index (χ4n) is 2.65. The number of nitrogens with one attached hydrogen (secondary N) is 1. The number of carbonyl (C=O) groups is 1. The minimum atomic E-state index is -0.286. The van der Waals surface area contributed by atoms with Gasteiger partial charge >= 0.3 is 0 Å². The number of halogens is 1. The van der Waals surface area contributed by atoms with Crippen LogP contribution in [0, 0.1) is 12.8 Å². The Balaban J connectivity index is 1.76. The van der Waals surface area contributed by atoms with Crippen LogP contribution in [0.5, 0.6) is 5.75 Å². The molecule has 1 amide bonds. The number of rotatable bonds is 4. The summed E-state index contributed by atoms with van der Waals surface area (Å²) in [4.78, 5) is 16.8. The van der Waals surface area contributed by atoms with Gasteiger partial charge in [-0.25, -0.2) is 4.98 Å². The Morgan fingerprint density at radius 1 is 1.48 bits per heavy atom. The summed E-state index contributed by atoms with van der Waals surface area (Å²) in [6.45, 7) is 6.29. The topological polar surface area (TPSA) is 64.4 Å². The molecule has 1 aliphatic rings. The van der Waals surface area contributed by atoms with Crippen LogP contribution in [0.25, 0.3) is 0 Å². The van der Waals surface area contributed by atoms with E-state index >= 15 is 0 Å². The van der Waals surface area contributed by atoms with Crippen molar-refractivity contribution in [1.82, 2.24) is 10.3 Å². The van der Waals surface area contributed by atoms with Crippen LogP contribution in [0.15, 0.2) is 22.6 Å². The Morgan fingerprint density at radius 2 is 2.26 bits per heavy atom. The summed E-state index contributed by atoms with van der Waals surface area (Å²) in [5.74, 6) is 1.62. The molecular weight excluding hydrogens is 316 g/mol. The van der Waals surface area contributed by atoms with Gasteiger partial charge in [-0.05, 0) is 18.9 Å². The fraction of sp³-hybridized carbons (Fsp3) is 0.412. The molecule has 0 fully saturated rings. The summed E-state index contributed by atoms with van der Waals surface area (Å²) >= 11 is 6.10. The van der Waals surface area contributed by atoms with Crippen molar-refractivity contribution in [3.63, 3.8) is 0 Å². The molecule has 1 aromatic carbocycles. The predicted molar refractivity (Wildman–Crippen MR) is 86.9 cm³/mol. The van der Waals surface area contributed by atoms with Gasteiger partial charge < -0.3 is 14.5 Å². The number of hydrogen-bond acceptors (Lipinski definition) is 4. The lowest BCUT2D eigenvalue weighted by atomic mass is 10.1. The summed E-state index contributed by atoms with van der Waals surface area (Å²) in [5.41, 5.74) is 1.48. The molecule has 1 aliphatic heterocycles. The molecule has 2 heterocycles. The molecule has 0 saturated heterocycles. The van der Waals surface area contributed by atoms with E-state index in [0.717, 1.165) is 5.56 Å². The number of fused-ring (bicyclic) bond motifs is 1. The number of carbonyl (C=O) groups excluding carboxylic acids is 1. The normalized spacial score (nSPS) is 16.3. The van der Waals surface area contributed by atoms with E-state index < -0.39 is 0 Å². The molecule has 1 aromatic heterocycles. The van der Waals surface area contributed by atoms with Crippen LogP contribution >= 0.6 is 11.6 Å². The first-order valence-corrected chi connectivity index (χ1v) is 8.02. The van der Waals surface area contributed by atoms with Gasteiger partial charge in [-0.2, -0.15) is 0 Å². The summed E-state index contributed by atoms with van der Waals surface area (Å²) in [6.07, 6.45) is 0.707. The summed E-state index contributed by atoms with van der Waals surface area (Å²) in [6, 6.07) is 5.27. The van der Waals surface area contributed by atoms with E-state index in [2.05, 4.69) is 24.1 Å². The zero-order valence-electron chi connectivity index (χ0n) is 13.4. The van der Waals surface area contributed by atoms with Crippen molar-refractivity contribution in [2.45, 2.75) is 33.2 Å². The number of para-hydroxylation sites is 1. The molecule has 0 saturated carbocycles. The highest BCUT2D eigenvalue weighted by Crippen LogP contribution is 2.38. The largest absolute Gasteiger partial charge is 0.489 e. The molecule has 3 rings (SSSR count). The summed E-state index contributed by atoms with van der Waals surface area (Å²) < 4.78 is 11.2. The molecule has 1 atom stereocenters. The lowest BCUT2D eigenvalue weighted by molar-refractivity contribution is 0.0899. The molecule has 2 aromatic rings. The van der Waals surface area contributed by atoms with Crippen molar-refractivity contribution in [2.75, 3.05) is 6.61 Å². The third-order valence-electron chi connectivity index (χ3n) is 3.70. The fourth-order valence-corrected chi connectivity index (χ4v) is 2.89. The summed E-state index contributed by atoms with van der Waals surface area (Å²) in [7, 11) is 0. The van der Waals surface area contributed by atoms with E-state index in [9.17, 15) is 4.79 Å². The number of hydrogen-bond donors (Lipinski definition) is 1. The monoisotopic (exact) mass is 334 g/mol. The third-order valence-corrected chi connectivity index (χ3v) is 4.00. The molecular formula is C17H19ClN2O3. The maximum atomic E-state index is 12.5. The van der Waals surface area contributed by atoms with Gasteiger partial charge in [-0.15, -0.1) is 0 Å². The molecule has 0 unspecified atom stereocenters. The SMILES string of the molecule is Cc1nc(CC(C)C)oc1C(=O)N[C@H]1COc2c(Cl)cccc21. The van der Waals surface area contributed by atoms with E-state index in [1.807, 2.05) is 12.1 Å². The second-order valence-electron chi connectivity index (χ2n) is 6.12. The standard InChI is InChI=1S/C17H19ClN2O3/c1-9(2)7-14-19-10(3)15(23-14)17(21)20-13-8-22-16-11(13)5-4-6-12(16)18/h4-6,9,13H,7-8H2,1-3H3,(H,20,21)/t13-/m0/s1. The first-order chi connectivity index (χ1) is 11.0. The van der Waals surface area contributed by atoms with Gasteiger partial charge in [0.25, 0.3) is 5.91 Å². The van der Waals surface area contributed by atoms with Gasteiger partial charge in [0, 0.05) is 12.0 Å². The van der Waals surface area contributed by atoms with E-state index in [-0.39, 0.29) is 17.7 Å². The van der Waals surface area contributed by atoms with Gasteiger partial charge in [0.2, 0.25) is 5.76 Å². The Morgan fingerprint density at radius 3 is 3.00 bits per heavy atom. The number of amides is 1. The maximum Gasteiger partial charge on any atom is 0.289 e. The van der Waals surface area contributed by atoms with E-state index in [0.29, 0.717) is 41.3 Å². The zero-order valence-corrected chi connectivity index (χ0v) is 14.1. The Kier molecular flexibility index (Phi) is 4.31.